The van der Waals surface area contributed by atoms with Gasteiger partial charge in [0.1, 0.15) is 5.82 Å². The summed E-state index contributed by atoms with van der Waals surface area (Å²) in [4.78, 5) is 22.8. The topological polar surface area (TPSA) is 130 Å². The number of non-ortho nitro benzene ring substituents is 1. The molecular weight excluding hydrogens is 414 g/mol. The van der Waals surface area contributed by atoms with Crippen molar-refractivity contribution in [3.8, 4) is 0 Å². The lowest BCUT2D eigenvalue weighted by atomic mass is 9.97. The molecule has 0 amide bonds. The maximum atomic E-state index is 12.9. The number of piperidine rings is 1. The number of nitro benzene ring substituents is 1. The zero-order chi connectivity index (χ0) is 21.9. The van der Waals surface area contributed by atoms with Gasteiger partial charge in [0.2, 0.25) is 10.0 Å². The van der Waals surface area contributed by atoms with Crippen LogP contribution in [0, 0.1) is 10.1 Å². The summed E-state index contributed by atoms with van der Waals surface area (Å²) in [6, 6.07) is 5.06. The van der Waals surface area contributed by atoms with Crippen LogP contribution in [0.15, 0.2) is 34.0 Å². The van der Waals surface area contributed by atoms with Gasteiger partial charge >= 0.3 is 5.69 Å². The first-order chi connectivity index (χ1) is 14.3. The Morgan fingerprint density at radius 1 is 1.30 bits per heavy atom. The molecule has 0 saturated carbocycles. The van der Waals surface area contributed by atoms with Gasteiger partial charge in [-0.25, -0.2) is 17.9 Å². The summed E-state index contributed by atoms with van der Waals surface area (Å²) < 4.78 is 35.2. The van der Waals surface area contributed by atoms with Crippen molar-refractivity contribution in [3.63, 3.8) is 0 Å². The molecule has 1 saturated heterocycles. The molecule has 11 nitrogen and oxygen atoms in total. The molecule has 1 aromatic carbocycles. The van der Waals surface area contributed by atoms with E-state index in [9.17, 15) is 23.3 Å². The van der Waals surface area contributed by atoms with Crippen LogP contribution in [0.2, 0.25) is 0 Å². The number of hydrogen-bond donors (Lipinski definition) is 0. The number of hydrogen-bond acceptors (Lipinski definition) is 7. The Morgan fingerprint density at radius 3 is 2.60 bits per heavy atom. The van der Waals surface area contributed by atoms with Crippen LogP contribution in [0.3, 0.4) is 0 Å². The van der Waals surface area contributed by atoms with E-state index in [1.807, 2.05) is 6.92 Å². The van der Waals surface area contributed by atoms with Gasteiger partial charge in [0.05, 0.1) is 23.0 Å². The van der Waals surface area contributed by atoms with Crippen molar-refractivity contribution in [2.45, 2.75) is 43.7 Å². The van der Waals surface area contributed by atoms with Crippen molar-refractivity contribution in [2.24, 2.45) is 0 Å². The monoisotopic (exact) mass is 439 g/mol. The molecule has 0 radical (unpaired) electrons. The van der Waals surface area contributed by atoms with Crippen molar-refractivity contribution in [3.05, 3.63) is 50.7 Å². The van der Waals surface area contributed by atoms with Crippen molar-refractivity contribution >= 4 is 15.7 Å². The highest BCUT2D eigenvalue weighted by Crippen LogP contribution is 2.30. The van der Waals surface area contributed by atoms with Crippen LogP contribution in [0.4, 0.5) is 5.69 Å². The molecule has 2 heterocycles. The van der Waals surface area contributed by atoms with Gasteiger partial charge < -0.3 is 4.74 Å². The molecule has 1 aliphatic rings. The van der Waals surface area contributed by atoms with Gasteiger partial charge in [-0.15, -0.1) is 0 Å². The lowest BCUT2D eigenvalue weighted by molar-refractivity contribution is -0.385. The number of sulfonamides is 1. The molecule has 3 rings (SSSR count). The van der Waals surface area contributed by atoms with Gasteiger partial charge in [-0.05, 0) is 25.8 Å². The molecule has 0 aliphatic carbocycles. The Hall–Kier alpha value is -2.57. The molecule has 164 valence electrons. The molecule has 0 atom stereocenters. The molecule has 1 fully saturated rings. The molecular formula is C18H25N5O6S. The molecule has 1 aromatic heterocycles. The summed E-state index contributed by atoms with van der Waals surface area (Å²) in [7, 11) is -2.28. The van der Waals surface area contributed by atoms with E-state index in [1.165, 1.54) is 27.2 Å². The quantitative estimate of drug-likeness (QED) is 0.446. The SMILES string of the molecule is CCn1c(C2CCN(S(=O)(=O)c3cccc([N+](=O)[O-])c3)CC2)nn(CCOC)c1=O. The van der Waals surface area contributed by atoms with Crippen LogP contribution in [-0.2, 0) is 27.8 Å². The van der Waals surface area contributed by atoms with E-state index in [0.717, 1.165) is 6.07 Å². The Bertz CT molecular complexity index is 1070. The molecule has 1 aliphatic heterocycles. The van der Waals surface area contributed by atoms with Crippen molar-refractivity contribution in [1.29, 1.82) is 0 Å². The van der Waals surface area contributed by atoms with Gasteiger partial charge in [-0.3, -0.25) is 14.7 Å². The number of nitrogens with zero attached hydrogens (tertiary/aromatic N) is 5. The second-order valence-electron chi connectivity index (χ2n) is 7.03. The number of nitro groups is 1. The zero-order valence-corrected chi connectivity index (χ0v) is 17.7. The summed E-state index contributed by atoms with van der Waals surface area (Å²) in [6.07, 6.45) is 1.02. The number of benzene rings is 1. The van der Waals surface area contributed by atoms with E-state index in [2.05, 4.69) is 5.10 Å². The highest BCUT2D eigenvalue weighted by Gasteiger charge is 2.33. The van der Waals surface area contributed by atoms with Crippen molar-refractivity contribution in [2.75, 3.05) is 26.8 Å². The highest BCUT2D eigenvalue weighted by molar-refractivity contribution is 7.89. The van der Waals surface area contributed by atoms with Gasteiger partial charge in [0.25, 0.3) is 5.69 Å². The normalized spacial score (nSPS) is 16.1. The van der Waals surface area contributed by atoms with Gasteiger partial charge in [-0.2, -0.15) is 9.40 Å². The molecule has 0 bridgehead atoms. The number of methoxy groups -OCH3 is 1. The predicted octanol–water partition coefficient (Wildman–Crippen LogP) is 1.19. The first-order valence-corrected chi connectivity index (χ1v) is 11.1. The fourth-order valence-corrected chi connectivity index (χ4v) is 5.15. The summed E-state index contributed by atoms with van der Waals surface area (Å²) in [5, 5.41) is 15.4. The second-order valence-corrected chi connectivity index (χ2v) is 8.97. The first-order valence-electron chi connectivity index (χ1n) is 9.70. The van der Waals surface area contributed by atoms with E-state index in [1.54, 1.807) is 11.7 Å². The summed E-state index contributed by atoms with van der Waals surface area (Å²) >= 11 is 0. The Morgan fingerprint density at radius 2 is 2.00 bits per heavy atom. The molecule has 2 aromatic rings. The smallest absolute Gasteiger partial charge is 0.345 e. The molecule has 0 spiro atoms. The fraction of sp³-hybridized carbons (Fsp3) is 0.556. The van der Waals surface area contributed by atoms with E-state index in [4.69, 9.17) is 4.74 Å². The third-order valence-corrected chi connectivity index (χ3v) is 7.15. The van der Waals surface area contributed by atoms with Crippen LogP contribution in [-0.4, -0.2) is 58.8 Å². The van der Waals surface area contributed by atoms with Crippen LogP contribution in [0.25, 0.3) is 0 Å². The van der Waals surface area contributed by atoms with Crippen molar-refractivity contribution < 1.29 is 18.1 Å². The summed E-state index contributed by atoms with van der Waals surface area (Å²) in [6.45, 7) is 3.58. The number of rotatable bonds is 8. The van der Waals surface area contributed by atoms with Gasteiger partial charge in [-0.1, -0.05) is 6.07 Å². The maximum absolute atomic E-state index is 12.9. The minimum absolute atomic E-state index is 0.0435. The third kappa shape index (κ3) is 4.30. The molecule has 0 unspecified atom stereocenters. The van der Waals surface area contributed by atoms with Gasteiger partial charge in [0.15, 0.2) is 0 Å². The largest absolute Gasteiger partial charge is 0.383 e. The average Bonchev–Trinajstić information content (AvgIpc) is 3.07. The standard InChI is InChI=1S/C18H25N5O6S/c1-3-21-17(19-22(18(21)24)11-12-29-2)14-7-9-20(10-8-14)30(27,28)16-6-4-5-15(13-16)23(25)26/h4-6,13-14H,3,7-12H2,1-2H3. The predicted molar refractivity (Wildman–Crippen MR) is 108 cm³/mol. The molecule has 30 heavy (non-hydrogen) atoms. The summed E-state index contributed by atoms with van der Waals surface area (Å²) in [5.74, 6) is 0.615. The number of aromatic nitrogens is 3. The molecule has 12 heteroatoms. The minimum atomic E-state index is -3.84. The van der Waals surface area contributed by atoms with Crippen LogP contribution in [0.5, 0.6) is 0 Å². The molecule has 0 N–H and O–H groups in total. The third-order valence-electron chi connectivity index (χ3n) is 5.26. The lowest BCUT2D eigenvalue weighted by Crippen LogP contribution is -2.38. The van der Waals surface area contributed by atoms with E-state index in [0.29, 0.717) is 38.4 Å². The lowest BCUT2D eigenvalue weighted by Gasteiger charge is -2.30. The first kappa shape index (κ1) is 22.1. The Balaban J connectivity index is 1.77. The number of ether oxygens (including phenoxy) is 1. The minimum Gasteiger partial charge on any atom is -0.383 e. The van der Waals surface area contributed by atoms with Crippen LogP contribution < -0.4 is 5.69 Å². The maximum Gasteiger partial charge on any atom is 0.345 e. The highest BCUT2D eigenvalue weighted by atomic mass is 32.2. The van der Waals surface area contributed by atoms with Crippen LogP contribution in [0.1, 0.15) is 31.5 Å². The van der Waals surface area contributed by atoms with Gasteiger partial charge in [0, 0.05) is 44.8 Å². The van der Waals surface area contributed by atoms with Crippen LogP contribution >= 0.6 is 0 Å². The Labute approximate surface area is 174 Å². The van der Waals surface area contributed by atoms with E-state index in [-0.39, 0.29) is 35.3 Å². The van der Waals surface area contributed by atoms with E-state index >= 15 is 0 Å². The zero-order valence-electron chi connectivity index (χ0n) is 16.9. The second kappa shape index (κ2) is 9.06. The van der Waals surface area contributed by atoms with E-state index < -0.39 is 14.9 Å². The Kier molecular flexibility index (Phi) is 6.68. The fourth-order valence-electron chi connectivity index (χ4n) is 3.64. The average molecular weight is 439 g/mol. The van der Waals surface area contributed by atoms with Crippen molar-refractivity contribution in [1.82, 2.24) is 18.7 Å². The summed E-state index contributed by atoms with van der Waals surface area (Å²) in [5.41, 5.74) is -0.462.